The number of ether oxygens (including phenoxy) is 1. The predicted octanol–water partition coefficient (Wildman–Crippen LogP) is 4.59. The van der Waals surface area contributed by atoms with E-state index >= 15 is 0 Å². The van der Waals surface area contributed by atoms with E-state index in [1.54, 1.807) is 20.8 Å². The molecule has 2 aliphatic carbocycles. The first kappa shape index (κ1) is 24.8. The molecule has 0 aromatic heterocycles. The fourth-order valence-corrected chi connectivity index (χ4v) is 4.78. The zero-order chi connectivity index (χ0) is 23.3. The smallest absolute Gasteiger partial charge is 0.333 e. The van der Waals surface area contributed by atoms with E-state index in [1.807, 2.05) is 6.08 Å². The molecule has 2 rings (SSSR count). The Hall–Kier alpha value is -2.50. The molecule has 1 N–H and O–H groups in total. The Balaban J connectivity index is 2.34. The van der Waals surface area contributed by atoms with Gasteiger partial charge in [-0.3, -0.25) is 14.4 Å². The molecule has 170 valence electrons. The molecule has 2 aliphatic rings. The van der Waals surface area contributed by atoms with Crippen molar-refractivity contribution in [3.63, 3.8) is 0 Å². The van der Waals surface area contributed by atoms with Gasteiger partial charge in [0.05, 0.1) is 5.92 Å². The minimum atomic E-state index is -0.948. The SMILES string of the molecule is CCCCC(C)/C=C(\C)C(=O)O[C@@H]1CC[C@H](C(=O)O)[C@@]2(C)C/C(=C(/C)C=O)C(=O)C=C12. The summed E-state index contributed by atoms with van der Waals surface area (Å²) in [5.74, 6) is -2.17. The molecule has 4 atom stereocenters. The number of carboxylic acid groups (broad SMARTS) is 1. The molecule has 31 heavy (non-hydrogen) atoms. The molecule has 0 aromatic rings. The van der Waals surface area contributed by atoms with E-state index in [0.717, 1.165) is 19.3 Å². The fraction of sp³-hybridized carbons (Fsp3) is 0.600. The minimum absolute atomic E-state index is 0.149. The molecule has 0 aliphatic heterocycles. The quantitative estimate of drug-likeness (QED) is 0.344. The Morgan fingerprint density at radius 3 is 2.58 bits per heavy atom. The Labute approximate surface area is 184 Å². The van der Waals surface area contributed by atoms with Crippen LogP contribution in [0, 0.1) is 17.3 Å². The van der Waals surface area contributed by atoms with Crippen molar-refractivity contribution in [1.82, 2.24) is 0 Å². The predicted molar refractivity (Wildman–Crippen MR) is 117 cm³/mol. The van der Waals surface area contributed by atoms with Crippen molar-refractivity contribution in [2.24, 2.45) is 17.3 Å². The topological polar surface area (TPSA) is 97.7 Å². The second-order valence-corrected chi connectivity index (χ2v) is 9.17. The van der Waals surface area contributed by atoms with E-state index in [4.69, 9.17) is 4.74 Å². The Morgan fingerprint density at radius 2 is 2.00 bits per heavy atom. The van der Waals surface area contributed by atoms with Gasteiger partial charge in [0.2, 0.25) is 0 Å². The minimum Gasteiger partial charge on any atom is -0.481 e. The van der Waals surface area contributed by atoms with Crippen LogP contribution in [0.4, 0.5) is 0 Å². The highest BCUT2D eigenvalue weighted by atomic mass is 16.5. The van der Waals surface area contributed by atoms with Gasteiger partial charge in [0.15, 0.2) is 5.78 Å². The van der Waals surface area contributed by atoms with Crippen molar-refractivity contribution >= 4 is 24.0 Å². The number of unbranched alkanes of at least 4 members (excludes halogenated alkanes) is 1. The molecule has 6 nitrogen and oxygen atoms in total. The maximum atomic E-state index is 12.7. The number of aldehydes is 1. The zero-order valence-corrected chi connectivity index (χ0v) is 19.2. The zero-order valence-electron chi connectivity index (χ0n) is 19.2. The van der Waals surface area contributed by atoms with Crippen molar-refractivity contribution < 1.29 is 29.0 Å². The van der Waals surface area contributed by atoms with Crippen LogP contribution >= 0.6 is 0 Å². The summed E-state index contributed by atoms with van der Waals surface area (Å²) in [6.07, 6.45) is 7.28. The standard InChI is InChI=1S/C25H34O6/c1-6-7-8-15(2)11-16(3)24(30)31-22-10-9-19(23(28)29)25(5)13-18(17(4)14-26)21(27)12-20(22)25/h11-12,14-15,19,22H,6-10,13H2,1-5H3,(H,28,29)/b16-11+,18-17+/t15?,19-,22-,25-/m1/s1. The summed E-state index contributed by atoms with van der Waals surface area (Å²) < 4.78 is 5.79. The van der Waals surface area contributed by atoms with Gasteiger partial charge >= 0.3 is 11.9 Å². The van der Waals surface area contributed by atoms with Crippen LogP contribution in [0.1, 0.15) is 73.1 Å². The van der Waals surface area contributed by atoms with Crippen LogP contribution < -0.4 is 0 Å². The number of ketones is 1. The van der Waals surface area contributed by atoms with Crippen LogP contribution in [0.3, 0.4) is 0 Å². The van der Waals surface area contributed by atoms with Gasteiger partial charge in [0.25, 0.3) is 0 Å². The molecular formula is C25H34O6. The van der Waals surface area contributed by atoms with Crippen LogP contribution in [-0.4, -0.2) is 35.2 Å². The van der Waals surface area contributed by atoms with E-state index in [2.05, 4.69) is 13.8 Å². The van der Waals surface area contributed by atoms with Gasteiger partial charge in [-0.05, 0) is 62.7 Å². The number of aliphatic carboxylic acids is 1. The molecule has 1 unspecified atom stereocenters. The lowest BCUT2D eigenvalue weighted by molar-refractivity contribution is -0.151. The number of allylic oxidation sites excluding steroid dienone is 4. The van der Waals surface area contributed by atoms with Gasteiger partial charge in [-0.1, -0.05) is 39.7 Å². The molecule has 0 radical (unpaired) electrons. The van der Waals surface area contributed by atoms with Gasteiger partial charge in [0, 0.05) is 16.6 Å². The maximum Gasteiger partial charge on any atom is 0.333 e. The normalized spacial score (nSPS) is 28.9. The van der Waals surface area contributed by atoms with E-state index in [-0.39, 0.29) is 18.1 Å². The molecule has 6 heteroatoms. The van der Waals surface area contributed by atoms with Gasteiger partial charge in [-0.25, -0.2) is 4.79 Å². The third-order valence-electron chi connectivity index (χ3n) is 6.69. The summed E-state index contributed by atoms with van der Waals surface area (Å²) in [6.45, 7) is 9.26. The molecule has 1 fully saturated rings. The first-order valence-electron chi connectivity index (χ1n) is 11.1. The van der Waals surface area contributed by atoms with Crippen molar-refractivity contribution in [1.29, 1.82) is 0 Å². The molecule has 0 aromatic carbocycles. The van der Waals surface area contributed by atoms with Crippen LogP contribution in [0.5, 0.6) is 0 Å². The summed E-state index contributed by atoms with van der Waals surface area (Å²) in [6, 6.07) is 0. The lowest BCUT2D eigenvalue weighted by Crippen LogP contribution is -2.47. The average Bonchev–Trinajstić information content (AvgIpc) is 2.71. The Kier molecular flexibility index (Phi) is 8.15. The van der Waals surface area contributed by atoms with Gasteiger partial charge in [-0.15, -0.1) is 0 Å². The van der Waals surface area contributed by atoms with Crippen molar-refractivity contribution in [2.45, 2.75) is 79.2 Å². The average molecular weight is 431 g/mol. The number of carboxylic acids is 1. The van der Waals surface area contributed by atoms with E-state index in [9.17, 15) is 24.3 Å². The van der Waals surface area contributed by atoms with E-state index in [1.165, 1.54) is 6.08 Å². The van der Waals surface area contributed by atoms with Crippen molar-refractivity contribution in [3.8, 4) is 0 Å². The third-order valence-corrected chi connectivity index (χ3v) is 6.69. The third kappa shape index (κ3) is 5.41. The van der Waals surface area contributed by atoms with Gasteiger partial charge in [-0.2, -0.15) is 0 Å². The van der Waals surface area contributed by atoms with E-state index in [0.29, 0.717) is 41.4 Å². The van der Waals surface area contributed by atoms with Crippen molar-refractivity contribution in [2.75, 3.05) is 0 Å². The van der Waals surface area contributed by atoms with E-state index < -0.39 is 29.4 Å². The lowest BCUT2D eigenvalue weighted by Gasteiger charge is -2.47. The number of hydrogen-bond donors (Lipinski definition) is 1. The first-order valence-corrected chi connectivity index (χ1v) is 11.1. The van der Waals surface area contributed by atoms with Gasteiger partial charge in [0.1, 0.15) is 12.4 Å². The van der Waals surface area contributed by atoms with Crippen LogP contribution in [-0.2, 0) is 23.9 Å². The summed E-state index contributed by atoms with van der Waals surface area (Å²) in [5.41, 5.74) is 0.809. The maximum absolute atomic E-state index is 12.7. The van der Waals surface area contributed by atoms with Crippen LogP contribution in [0.2, 0.25) is 0 Å². The van der Waals surface area contributed by atoms with Crippen molar-refractivity contribution in [3.05, 3.63) is 34.4 Å². The molecular weight excluding hydrogens is 396 g/mol. The second kappa shape index (κ2) is 10.2. The Morgan fingerprint density at radius 1 is 1.32 bits per heavy atom. The summed E-state index contributed by atoms with van der Waals surface area (Å²) in [4.78, 5) is 48.6. The van der Waals surface area contributed by atoms with Crippen LogP contribution in [0.25, 0.3) is 0 Å². The first-order chi connectivity index (χ1) is 14.5. The highest BCUT2D eigenvalue weighted by molar-refractivity contribution is 6.09. The summed E-state index contributed by atoms with van der Waals surface area (Å²) in [5, 5.41) is 9.80. The lowest BCUT2D eigenvalue weighted by atomic mass is 9.57. The number of esters is 1. The summed E-state index contributed by atoms with van der Waals surface area (Å²) >= 11 is 0. The number of fused-ring (bicyclic) bond motifs is 1. The molecule has 0 amide bonds. The molecule has 0 bridgehead atoms. The monoisotopic (exact) mass is 430 g/mol. The molecule has 0 heterocycles. The molecule has 0 saturated heterocycles. The fourth-order valence-electron chi connectivity index (χ4n) is 4.78. The highest BCUT2D eigenvalue weighted by Gasteiger charge is 2.52. The molecule has 0 spiro atoms. The number of carbonyl (C=O) groups is 4. The second-order valence-electron chi connectivity index (χ2n) is 9.17. The largest absolute Gasteiger partial charge is 0.481 e. The number of hydrogen-bond acceptors (Lipinski definition) is 5. The Bertz CT molecular complexity index is 846. The van der Waals surface area contributed by atoms with Gasteiger partial charge < -0.3 is 9.84 Å². The highest BCUT2D eigenvalue weighted by Crippen LogP contribution is 2.52. The number of rotatable bonds is 8. The summed E-state index contributed by atoms with van der Waals surface area (Å²) in [7, 11) is 0. The van der Waals surface area contributed by atoms with Crippen LogP contribution in [0.15, 0.2) is 34.4 Å². The molecule has 1 saturated carbocycles. The number of carbonyl (C=O) groups excluding carboxylic acids is 3.